The third kappa shape index (κ3) is 2.91. The van der Waals surface area contributed by atoms with Gasteiger partial charge in [-0.25, -0.2) is 0 Å². The van der Waals surface area contributed by atoms with Crippen molar-refractivity contribution in [1.82, 2.24) is 4.57 Å². The van der Waals surface area contributed by atoms with Crippen LogP contribution in [0.25, 0.3) is 5.69 Å². The Balaban J connectivity index is 1.66. The average molecular weight is 350 g/mol. The van der Waals surface area contributed by atoms with Crippen LogP contribution in [0.15, 0.2) is 67.0 Å². The van der Waals surface area contributed by atoms with Crippen LogP contribution in [0.3, 0.4) is 0 Å². The highest BCUT2D eigenvalue weighted by molar-refractivity contribution is 5.60. The highest BCUT2D eigenvalue weighted by atomic mass is 16.5. The minimum absolute atomic E-state index is 0.137. The van der Waals surface area contributed by atoms with Crippen molar-refractivity contribution in [2.45, 2.75) is 6.23 Å². The zero-order valence-corrected chi connectivity index (χ0v) is 15.0. The van der Waals surface area contributed by atoms with Crippen LogP contribution in [0, 0.1) is 0 Å². The molecule has 0 amide bonds. The number of rotatable bonds is 5. The average Bonchev–Trinajstić information content (AvgIpc) is 3.37. The Hall–Kier alpha value is -2.92. The molecule has 0 aliphatic carbocycles. The van der Waals surface area contributed by atoms with Gasteiger partial charge >= 0.3 is 0 Å². The van der Waals surface area contributed by atoms with Crippen molar-refractivity contribution in [3.8, 4) is 17.2 Å². The lowest BCUT2D eigenvalue weighted by atomic mass is 10.2. The second-order valence-electron chi connectivity index (χ2n) is 6.11. The first-order valence-electron chi connectivity index (χ1n) is 8.64. The van der Waals surface area contributed by atoms with E-state index >= 15 is 0 Å². The molecule has 3 aromatic rings. The summed E-state index contributed by atoms with van der Waals surface area (Å²) in [7, 11) is 3.38. The lowest BCUT2D eigenvalue weighted by Crippen LogP contribution is -2.23. The molecule has 1 aromatic heterocycles. The van der Waals surface area contributed by atoms with E-state index in [0.29, 0.717) is 6.61 Å². The zero-order chi connectivity index (χ0) is 17.9. The summed E-state index contributed by atoms with van der Waals surface area (Å²) in [5.74, 6) is 1.69. The van der Waals surface area contributed by atoms with Crippen LogP contribution in [0.5, 0.6) is 11.5 Å². The number of hydrogen-bond acceptors (Lipinski definition) is 4. The molecule has 0 spiro atoms. The quantitative estimate of drug-likeness (QED) is 0.696. The van der Waals surface area contributed by atoms with Gasteiger partial charge in [-0.3, -0.25) is 0 Å². The van der Waals surface area contributed by atoms with E-state index < -0.39 is 0 Å². The fraction of sp³-hybridized carbons (Fsp3) is 0.238. The monoisotopic (exact) mass is 350 g/mol. The third-order valence-electron chi connectivity index (χ3n) is 4.65. The molecule has 26 heavy (non-hydrogen) atoms. The van der Waals surface area contributed by atoms with Crippen LogP contribution in [0.2, 0.25) is 0 Å². The lowest BCUT2D eigenvalue weighted by molar-refractivity contribution is 0.113. The summed E-state index contributed by atoms with van der Waals surface area (Å²) in [6, 6.07) is 18.1. The first-order chi connectivity index (χ1) is 12.8. The van der Waals surface area contributed by atoms with E-state index in [1.165, 1.54) is 0 Å². The summed E-state index contributed by atoms with van der Waals surface area (Å²) < 4.78 is 19.1. The molecular formula is C21H22N2O3. The predicted octanol–water partition coefficient (Wildman–Crippen LogP) is 4.03. The zero-order valence-electron chi connectivity index (χ0n) is 15.0. The van der Waals surface area contributed by atoms with Gasteiger partial charge in [-0.15, -0.1) is 0 Å². The molecule has 2 heterocycles. The maximum absolute atomic E-state index is 6.04. The van der Waals surface area contributed by atoms with E-state index in [0.717, 1.165) is 35.0 Å². The second kappa shape index (κ2) is 7.14. The second-order valence-corrected chi connectivity index (χ2v) is 6.11. The number of nitrogens with zero attached hydrogens (tertiary/aromatic N) is 2. The number of anilines is 1. The summed E-state index contributed by atoms with van der Waals surface area (Å²) in [5, 5.41) is 0. The van der Waals surface area contributed by atoms with E-state index in [1.807, 2.05) is 48.7 Å². The molecule has 0 bridgehead atoms. The van der Waals surface area contributed by atoms with Gasteiger partial charge in [0, 0.05) is 24.5 Å². The lowest BCUT2D eigenvalue weighted by Gasteiger charge is -2.26. The van der Waals surface area contributed by atoms with Crippen molar-refractivity contribution in [3.05, 3.63) is 72.6 Å². The van der Waals surface area contributed by atoms with Crippen LogP contribution < -0.4 is 14.4 Å². The Morgan fingerprint density at radius 3 is 2.27 bits per heavy atom. The van der Waals surface area contributed by atoms with Gasteiger partial charge in [0.1, 0.15) is 11.5 Å². The Labute approximate surface area is 153 Å². The van der Waals surface area contributed by atoms with Gasteiger partial charge in [0.15, 0.2) is 6.23 Å². The number of aromatic nitrogens is 1. The smallest absolute Gasteiger partial charge is 0.158 e. The van der Waals surface area contributed by atoms with Crippen molar-refractivity contribution in [1.29, 1.82) is 0 Å². The van der Waals surface area contributed by atoms with Gasteiger partial charge in [-0.2, -0.15) is 0 Å². The molecule has 1 fully saturated rings. The van der Waals surface area contributed by atoms with Crippen molar-refractivity contribution >= 4 is 5.69 Å². The van der Waals surface area contributed by atoms with Crippen molar-refractivity contribution < 1.29 is 14.2 Å². The summed E-state index contributed by atoms with van der Waals surface area (Å²) in [4.78, 5) is 2.24. The van der Waals surface area contributed by atoms with Crippen molar-refractivity contribution in [2.75, 3.05) is 32.3 Å². The molecular weight excluding hydrogens is 328 g/mol. The van der Waals surface area contributed by atoms with E-state index in [2.05, 4.69) is 27.8 Å². The van der Waals surface area contributed by atoms with E-state index in [1.54, 1.807) is 14.2 Å². The Kier molecular flexibility index (Phi) is 4.54. The van der Waals surface area contributed by atoms with Gasteiger partial charge in [0.05, 0.1) is 32.2 Å². The fourth-order valence-corrected chi connectivity index (χ4v) is 3.41. The molecule has 0 radical (unpaired) electrons. The molecule has 1 atom stereocenters. The molecule has 1 aliphatic rings. The van der Waals surface area contributed by atoms with Gasteiger partial charge in [0.2, 0.25) is 0 Å². The largest absolute Gasteiger partial charge is 0.495 e. The summed E-state index contributed by atoms with van der Waals surface area (Å²) in [6.07, 6.45) is 3.99. The van der Waals surface area contributed by atoms with Crippen LogP contribution >= 0.6 is 0 Å². The van der Waals surface area contributed by atoms with Crippen molar-refractivity contribution in [2.24, 2.45) is 0 Å². The SMILES string of the molecule is COc1ccccc1N1CCO[C@H]1c1ccn(-c2ccccc2OC)c1. The molecule has 1 saturated heterocycles. The van der Waals surface area contributed by atoms with Crippen molar-refractivity contribution in [3.63, 3.8) is 0 Å². The fourth-order valence-electron chi connectivity index (χ4n) is 3.41. The maximum atomic E-state index is 6.04. The Bertz CT molecular complexity index is 890. The van der Waals surface area contributed by atoms with Crippen LogP contribution in [-0.4, -0.2) is 31.9 Å². The Morgan fingerprint density at radius 1 is 0.885 bits per heavy atom. The third-order valence-corrected chi connectivity index (χ3v) is 4.65. The Morgan fingerprint density at radius 2 is 1.54 bits per heavy atom. The van der Waals surface area contributed by atoms with E-state index in [-0.39, 0.29) is 6.23 Å². The number of para-hydroxylation sites is 4. The minimum atomic E-state index is -0.137. The van der Waals surface area contributed by atoms with Crippen LogP contribution in [0.1, 0.15) is 11.8 Å². The van der Waals surface area contributed by atoms with Gasteiger partial charge in [-0.05, 0) is 30.3 Å². The summed E-state index contributed by atoms with van der Waals surface area (Å²) >= 11 is 0. The molecule has 134 valence electrons. The molecule has 5 heteroatoms. The summed E-state index contributed by atoms with van der Waals surface area (Å²) in [5.41, 5.74) is 3.14. The highest BCUT2D eigenvalue weighted by Crippen LogP contribution is 2.38. The maximum Gasteiger partial charge on any atom is 0.158 e. The highest BCUT2D eigenvalue weighted by Gasteiger charge is 2.29. The van der Waals surface area contributed by atoms with Crippen LogP contribution in [0.4, 0.5) is 5.69 Å². The number of hydrogen-bond donors (Lipinski definition) is 0. The standard InChI is InChI=1S/C21H22N2O3/c1-24-19-9-5-3-7-17(19)22-12-11-16(15-22)21-23(13-14-26-21)18-8-4-6-10-20(18)25-2/h3-12,15,21H,13-14H2,1-2H3/t21-/m0/s1. The molecule has 0 N–H and O–H groups in total. The molecule has 5 nitrogen and oxygen atoms in total. The summed E-state index contributed by atoms with van der Waals surface area (Å²) in [6.45, 7) is 1.51. The normalized spacial score (nSPS) is 16.7. The number of benzene rings is 2. The number of ether oxygens (including phenoxy) is 3. The first-order valence-corrected chi connectivity index (χ1v) is 8.64. The molecule has 1 aliphatic heterocycles. The first kappa shape index (κ1) is 16.5. The molecule has 2 aromatic carbocycles. The molecule has 4 rings (SSSR count). The molecule has 0 saturated carbocycles. The minimum Gasteiger partial charge on any atom is -0.495 e. The van der Waals surface area contributed by atoms with Crippen LogP contribution in [-0.2, 0) is 4.74 Å². The van der Waals surface area contributed by atoms with E-state index in [4.69, 9.17) is 14.2 Å². The van der Waals surface area contributed by atoms with Gasteiger partial charge in [0.25, 0.3) is 0 Å². The van der Waals surface area contributed by atoms with Gasteiger partial charge < -0.3 is 23.7 Å². The van der Waals surface area contributed by atoms with Gasteiger partial charge in [-0.1, -0.05) is 24.3 Å². The predicted molar refractivity (Wildman–Crippen MR) is 101 cm³/mol. The molecule has 0 unspecified atom stereocenters. The van der Waals surface area contributed by atoms with E-state index in [9.17, 15) is 0 Å². The number of methoxy groups -OCH3 is 2. The topological polar surface area (TPSA) is 35.9 Å².